The summed E-state index contributed by atoms with van der Waals surface area (Å²) in [6.07, 6.45) is 5.22. The molecule has 11 heteroatoms. The summed E-state index contributed by atoms with van der Waals surface area (Å²) in [7, 11) is 4.62. The van der Waals surface area contributed by atoms with Gasteiger partial charge in [0, 0.05) is 30.7 Å². The van der Waals surface area contributed by atoms with Gasteiger partial charge < -0.3 is 28.9 Å². The number of carbonyl (C=O) groups excluding carboxylic acids is 1. The molecule has 0 aliphatic rings. The number of rotatable bonds is 10. The zero-order valence-electron chi connectivity index (χ0n) is 21.6. The predicted molar refractivity (Wildman–Crippen MR) is 139 cm³/mol. The number of hydrogen-bond donors (Lipinski definition) is 2. The number of nitrogens with zero attached hydrogens (tertiary/aromatic N) is 4. The molecule has 2 N–H and O–H groups in total. The highest BCUT2D eigenvalue weighted by atomic mass is 16.5. The third kappa shape index (κ3) is 5.22. The fourth-order valence-electron chi connectivity index (χ4n) is 4.15. The van der Waals surface area contributed by atoms with E-state index in [0.29, 0.717) is 40.3 Å². The molecular weight excluding hydrogens is 490 g/mol. The van der Waals surface area contributed by atoms with Gasteiger partial charge in [0.2, 0.25) is 5.89 Å². The van der Waals surface area contributed by atoms with Crippen molar-refractivity contribution in [1.29, 1.82) is 0 Å². The molecule has 0 saturated carbocycles. The van der Waals surface area contributed by atoms with E-state index in [0.717, 1.165) is 12.8 Å². The Morgan fingerprint density at radius 2 is 1.74 bits per heavy atom. The van der Waals surface area contributed by atoms with Crippen LogP contribution < -0.4 is 15.0 Å². The molecular formula is C27H29N5O6. The maximum absolute atomic E-state index is 13.2. The molecule has 4 aromatic rings. The molecule has 0 radical (unpaired) electrons. The molecule has 0 aliphatic carbocycles. The number of benzene rings is 1. The summed E-state index contributed by atoms with van der Waals surface area (Å²) in [5, 5.41) is 19.5. The maximum Gasteiger partial charge on any atom is 0.264 e. The van der Waals surface area contributed by atoms with Gasteiger partial charge in [-0.15, -0.1) is 10.2 Å². The summed E-state index contributed by atoms with van der Waals surface area (Å²) in [4.78, 5) is 34.0. The zero-order chi connectivity index (χ0) is 27.2. The van der Waals surface area contributed by atoms with E-state index in [-0.39, 0.29) is 35.5 Å². The van der Waals surface area contributed by atoms with Crippen LogP contribution in [0.15, 0.2) is 51.9 Å². The first-order valence-corrected chi connectivity index (χ1v) is 12.1. The molecule has 0 atom stereocenters. The molecule has 0 unspecified atom stereocenters. The van der Waals surface area contributed by atoms with Crippen LogP contribution >= 0.6 is 0 Å². The third-order valence-corrected chi connectivity index (χ3v) is 6.05. The van der Waals surface area contributed by atoms with Crippen LogP contribution in [0, 0.1) is 0 Å². The average Bonchev–Trinajstić information content (AvgIpc) is 3.39. The maximum atomic E-state index is 13.2. The van der Waals surface area contributed by atoms with Gasteiger partial charge in [0.25, 0.3) is 17.4 Å². The van der Waals surface area contributed by atoms with E-state index in [1.54, 1.807) is 37.4 Å². The molecule has 0 aliphatic heterocycles. The highest BCUT2D eigenvalue weighted by Gasteiger charge is 2.27. The second kappa shape index (κ2) is 11.6. The molecule has 4 rings (SSSR count). The van der Waals surface area contributed by atoms with Crippen LogP contribution in [-0.2, 0) is 13.0 Å². The Morgan fingerprint density at radius 1 is 1.05 bits per heavy atom. The van der Waals surface area contributed by atoms with Crippen molar-refractivity contribution in [2.45, 2.75) is 32.7 Å². The van der Waals surface area contributed by atoms with Gasteiger partial charge in [-0.3, -0.25) is 14.6 Å². The van der Waals surface area contributed by atoms with Crippen molar-refractivity contribution in [3.63, 3.8) is 0 Å². The lowest BCUT2D eigenvalue weighted by molar-refractivity contribution is 0.0773. The Bertz CT molecular complexity index is 1460. The Labute approximate surface area is 219 Å². The summed E-state index contributed by atoms with van der Waals surface area (Å²) >= 11 is 0. The van der Waals surface area contributed by atoms with Crippen LogP contribution in [0.1, 0.15) is 41.7 Å². The highest BCUT2D eigenvalue weighted by molar-refractivity contribution is 5.93. The number of nitrogens with one attached hydrogen (secondary N) is 1. The first kappa shape index (κ1) is 26.4. The SMILES string of the molecule is CCCCc1[nH]c(=O)c(-c2nnc(CN(C)C(=O)c3ccncc3)o2)c(O)c1-c1c(OC)cccc1OC. The lowest BCUT2D eigenvalue weighted by atomic mass is 9.96. The molecule has 0 saturated heterocycles. The number of aromatic hydroxyl groups is 1. The van der Waals surface area contributed by atoms with Crippen molar-refractivity contribution in [1.82, 2.24) is 25.1 Å². The van der Waals surface area contributed by atoms with E-state index in [9.17, 15) is 14.7 Å². The third-order valence-electron chi connectivity index (χ3n) is 6.05. The van der Waals surface area contributed by atoms with Gasteiger partial charge >= 0.3 is 0 Å². The lowest BCUT2D eigenvalue weighted by Gasteiger charge is -2.18. The molecule has 3 heterocycles. The number of ether oxygens (including phenoxy) is 2. The molecule has 198 valence electrons. The number of pyridine rings is 2. The first-order chi connectivity index (χ1) is 18.4. The molecule has 0 bridgehead atoms. The monoisotopic (exact) mass is 519 g/mol. The molecule has 0 fully saturated rings. The Morgan fingerprint density at radius 3 is 2.37 bits per heavy atom. The molecule has 1 aromatic carbocycles. The number of aromatic nitrogens is 4. The molecule has 3 aromatic heterocycles. The van der Waals surface area contributed by atoms with Gasteiger partial charge in [0.15, 0.2) is 0 Å². The Kier molecular flexibility index (Phi) is 8.05. The van der Waals surface area contributed by atoms with Crippen molar-refractivity contribution in [2.75, 3.05) is 21.3 Å². The summed E-state index contributed by atoms with van der Waals surface area (Å²) in [6.45, 7) is 2.03. The largest absolute Gasteiger partial charge is 0.506 e. The summed E-state index contributed by atoms with van der Waals surface area (Å²) < 4.78 is 16.9. The average molecular weight is 520 g/mol. The Balaban J connectivity index is 1.77. The standard InChI is InChI=1S/C27H29N5O6/c1-5-6-8-17-21(22-18(36-3)9-7-10-19(22)37-4)24(33)23(25(34)29-17)26-31-30-20(38-26)15-32(2)27(35)16-11-13-28-14-12-16/h7,9-14H,5-6,8,15H2,1-4H3,(H2,29,33,34). The number of unbranched alkanes of at least 4 members (excludes halogenated alkanes) is 1. The quantitative estimate of drug-likeness (QED) is 0.319. The second-order valence-electron chi connectivity index (χ2n) is 8.57. The minimum Gasteiger partial charge on any atom is -0.506 e. The minimum atomic E-state index is -0.581. The molecule has 0 spiro atoms. The summed E-state index contributed by atoms with van der Waals surface area (Å²) in [5.41, 5.74) is 1.06. The van der Waals surface area contributed by atoms with Gasteiger partial charge in [-0.1, -0.05) is 19.4 Å². The molecule has 38 heavy (non-hydrogen) atoms. The fourth-order valence-corrected chi connectivity index (χ4v) is 4.15. The number of amides is 1. The van der Waals surface area contributed by atoms with Crippen molar-refractivity contribution in [3.8, 4) is 39.8 Å². The van der Waals surface area contributed by atoms with Crippen LogP contribution in [0.25, 0.3) is 22.6 Å². The normalized spacial score (nSPS) is 10.8. The van der Waals surface area contributed by atoms with Gasteiger partial charge in [-0.25, -0.2) is 0 Å². The van der Waals surface area contributed by atoms with E-state index < -0.39 is 5.56 Å². The minimum absolute atomic E-state index is 0.00536. The lowest BCUT2D eigenvalue weighted by Crippen LogP contribution is -2.26. The first-order valence-electron chi connectivity index (χ1n) is 12.1. The van der Waals surface area contributed by atoms with Gasteiger partial charge in [-0.05, 0) is 37.1 Å². The van der Waals surface area contributed by atoms with E-state index in [1.807, 2.05) is 6.92 Å². The van der Waals surface area contributed by atoms with Crippen LogP contribution in [0.3, 0.4) is 0 Å². The van der Waals surface area contributed by atoms with E-state index in [2.05, 4.69) is 20.2 Å². The predicted octanol–water partition coefficient (Wildman–Crippen LogP) is 3.82. The van der Waals surface area contributed by atoms with E-state index in [1.165, 1.54) is 31.5 Å². The van der Waals surface area contributed by atoms with Crippen molar-refractivity contribution < 1.29 is 23.8 Å². The summed E-state index contributed by atoms with van der Waals surface area (Å²) in [5.74, 6) is 0.226. The topological polar surface area (TPSA) is 144 Å². The number of aryl methyl sites for hydroxylation is 1. The second-order valence-corrected chi connectivity index (χ2v) is 8.57. The number of carbonyl (C=O) groups is 1. The van der Waals surface area contributed by atoms with Gasteiger partial charge in [0.05, 0.1) is 31.9 Å². The number of hydrogen-bond acceptors (Lipinski definition) is 9. The summed E-state index contributed by atoms with van der Waals surface area (Å²) in [6, 6.07) is 8.45. The number of H-pyrrole nitrogens is 1. The van der Waals surface area contributed by atoms with Crippen LogP contribution in [-0.4, -0.2) is 57.3 Å². The van der Waals surface area contributed by atoms with Gasteiger partial charge in [0.1, 0.15) is 22.8 Å². The van der Waals surface area contributed by atoms with Crippen LogP contribution in [0.4, 0.5) is 0 Å². The highest BCUT2D eigenvalue weighted by Crippen LogP contribution is 2.46. The van der Waals surface area contributed by atoms with Gasteiger partial charge in [-0.2, -0.15) is 0 Å². The fraction of sp³-hybridized carbons (Fsp3) is 0.296. The zero-order valence-corrected chi connectivity index (χ0v) is 21.6. The van der Waals surface area contributed by atoms with Crippen molar-refractivity contribution in [2.24, 2.45) is 0 Å². The number of methoxy groups -OCH3 is 2. The smallest absolute Gasteiger partial charge is 0.264 e. The van der Waals surface area contributed by atoms with Crippen molar-refractivity contribution >= 4 is 5.91 Å². The van der Waals surface area contributed by atoms with Crippen LogP contribution in [0.2, 0.25) is 0 Å². The van der Waals surface area contributed by atoms with Crippen molar-refractivity contribution in [3.05, 3.63) is 70.2 Å². The number of aromatic amines is 1. The molecule has 1 amide bonds. The molecule has 11 nitrogen and oxygen atoms in total. The van der Waals surface area contributed by atoms with E-state index in [4.69, 9.17) is 13.9 Å². The Hall–Kier alpha value is -4.67. The van der Waals surface area contributed by atoms with Crippen LogP contribution in [0.5, 0.6) is 17.2 Å². The van der Waals surface area contributed by atoms with E-state index >= 15 is 0 Å².